The minimum Gasteiger partial charge on any atom is -0.495 e. The fraction of sp³-hybridized carbons (Fsp3) is 0.500. The molecular weight excluding hydrogens is 216 g/mol. The largest absolute Gasteiger partial charge is 0.495 e. The molecule has 0 aliphatic carbocycles. The topological polar surface area (TPSA) is 68.4 Å². The summed E-state index contributed by atoms with van der Waals surface area (Å²) in [5.74, 6) is 0.751. The molecule has 86 valence electrons. The first-order valence-electron chi connectivity index (χ1n) is 4.62. The van der Waals surface area contributed by atoms with Crippen molar-refractivity contribution in [1.82, 2.24) is 4.98 Å². The quantitative estimate of drug-likeness (QED) is 0.787. The Kier molecular flexibility index (Phi) is 7.03. The van der Waals surface area contributed by atoms with Crippen molar-refractivity contribution in [2.45, 2.75) is 18.9 Å². The molecule has 0 amide bonds. The van der Waals surface area contributed by atoms with Crippen LogP contribution in [0.3, 0.4) is 0 Å². The molecule has 1 rings (SSSR count). The third-order valence-corrected chi connectivity index (χ3v) is 2.02. The molecule has 4 nitrogen and oxygen atoms in total. The number of nitrogens with two attached hydrogens (primary N) is 1. The van der Waals surface area contributed by atoms with E-state index in [-0.39, 0.29) is 25.1 Å². The van der Waals surface area contributed by atoms with Crippen molar-refractivity contribution in [3.63, 3.8) is 0 Å². The van der Waals surface area contributed by atoms with E-state index in [1.54, 1.807) is 13.3 Å². The number of halogens is 1. The average Bonchev–Trinajstić information content (AvgIpc) is 2.19. The van der Waals surface area contributed by atoms with E-state index in [9.17, 15) is 0 Å². The molecule has 15 heavy (non-hydrogen) atoms. The summed E-state index contributed by atoms with van der Waals surface area (Å²) in [5.41, 5.74) is 6.63. The maximum Gasteiger partial charge on any atom is 0.140 e. The van der Waals surface area contributed by atoms with E-state index in [2.05, 4.69) is 4.98 Å². The fourth-order valence-electron chi connectivity index (χ4n) is 1.28. The highest BCUT2D eigenvalue weighted by Crippen LogP contribution is 2.16. The van der Waals surface area contributed by atoms with E-state index in [0.717, 1.165) is 11.4 Å². The molecule has 0 saturated carbocycles. The Morgan fingerprint density at radius 1 is 1.60 bits per heavy atom. The summed E-state index contributed by atoms with van der Waals surface area (Å²) in [6, 6.07) is 3.61. The Labute approximate surface area is 95.9 Å². The summed E-state index contributed by atoms with van der Waals surface area (Å²) >= 11 is 0. The number of pyridine rings is 1. The Balaban J connectivity index is 0.00000196. The Bertz CT molecular complexity index is 284. The van der Waals surface area contributed by atoms with Crippen LogP contribution in [0.5, 0.6) is 5.75 Å². The third-order valence-electron chi connectivity index (χ3n) is 2.02. The van der Waals surface area contributed by atoms with Gasteiger partial charge in [0.25, 0.3) is 0 Å². The summed E-state index contributed by atoms with van der Waals surface area (Å²) in [5, 5.41) is 8.71. The molecule has 0 bridgehead atoms. The van der Waals surface area contributed by atoms with Gasteiger partial charge in [-0.3, -0.25) is 4.98 Å². The second-order valence-electron chi connectivity index (χ2n) is 3.13. The van der Waals surface area contributed by atoms with E-state index < -0.39 is 0 Å². The average molecular weight is 233 g/mol. The van der Waals surface area contributed by atoms with Crippen molar-refractivity contribution in [3.05, 3.63) is 24.0 Å². The van der Waals surface area contributed by atoms with Crippen LogP contribution in [0.2, 0.25) is 0 Å². The molecule has 0 aliphatic heterocycles. The summed E-state index contributed by atoms with van der Waals surface area (Å²) in [6.45, 7) is 0.107. The molecule has 5 heteroatoms. The number of nitrogens with zero attached hydrogens (tertiary/aromatic N) is 1. The number of aliphatic hydroxyl groups is 1. The first-order valence-corrected chi connectivity index (χ1v) is 4.62. The van der Waals surface area contributed by atoms with E-state index >= 15 is 0 Å². The number of aromatic nitrogens is 1. The lowest BCUT2D eigenvalue weighted by Gasteiger charge is -2.11. The molecule has 0 fully saturated rings. The van der Waals surface area contributed by atoms with Crippen LogP contribution in [0.15, 0.2) is 18.3 Å². The molecule has 0 aromatic carbocycles. The van der Waals surface area contributed by atoms with Crippen LogP contribution < -0.4 is 10.5 Å². The van der Waals surface area contributed by atoms with Gasteiger partial charge >= 0.3 is 0 Å². The second kappa shape index (κ2) is 7.45. The van der Waals surface area contributed by atoms with Crippen molar-refractivity contribution < 1.29 is 9.84 Å². The third kappa shape index (κ3) is 4.46. The molecule has 0 radical (unpaired) electrons. The summed E-state index contributed by atoms with van der Waals surface area (Å²) in [4.78, 5) is 4.19. The van der Waals surface area contributed by atoms with Crippen molar-refractivity contribution in [2.75, 3.05) is 13.7 Å². The molecule has 1 aromatic rings. The van der Waals surface area contributed by atoms with Crippen LogP contribution in [0, 0.1) is 0 Å². The monoisotopic (exact) mass is 232 g/mol. The minimum absolute atomic E-state index is 0. The van der Waals surface area contributed by atoms with Gasteiger partial charge < -0.3 is 15.6 Å². The number of hydrogen-bond donors (Lipinski definition) is 2. The lowest BCUT2D eigenvalue weighted by atomic mass is 10.1. The van der Waals surface area contributed by atoms with Crippen molar-refractivity contribution >= 4 is 12.4 Å². The Morgan fingerprint density at radius 3 is 2.93 bits per heavy atom. The van der Waals surface area contributed by atoms with Gasteiger partial charge in [-0.1, -0.05) is 0 Å². The highest BCUT2D eigenvalue weighted by Gasteiger charge is 2.08. The molecule has 1 atom stereocenters. The van der Waals surface area contributed by atoms with Crippen LogP contribution in [-0.2, 0) is 6.42 Å². The summed E-state index contributed by atoms with van der Waals surface area (Å²) in [6.07, 6.45) is 2.92. The van der Waals surface area contributed by atoms with Crippen LogP contribution >= 0.6 is 12.4 Å². The lowest BCUT2D eigenvalue weighted by Crippen LogP contribution is -2.24. The molecule has 1 aromatic heterocycles. The normalized spacial score (nSPS) is 11.7. The first-order chi connectivity index (χ1) is 6.77. The summed E-state index contributed by atoms with van der Waals surface area (Å²) in [7, 11) is 1.61. The number of rotatable bonds is 5. The van der Waals surface area contributed by atoms with Gasteiger partial charge in [0.05, 0.1) is 12.8 Å². The van der Waals surface area contributed by atoms with Crippen LogP contribution in [0.25, 0.3) is 0 Å². The maximum atomic E-state index is 8.71. The van der Waals surface area contributed by atoms with Crippen LogP contribution in [0.1, 0.15) is 12.1 Å². The number of aliphatic hydroxyl groups excluding tert-OH is 1. The highest BCUT2D eigenvalue weighted by atomic mass is 35.5. The van der Waals surface area contributed by atoms with E-state index in [0.29, 0.717) is 12.8 Å². The molecular formula is C10H17ClN2O2. The van der Waals surface area contributed by atoms with E-state index in [1.165, 1.54) is 0 Å². The second-order valence-corrected chi connectivity index (χ2v) is 3.13. The van der Waals surface area contributed by atoms with Gasteiger partial charge in [0.2, 0.25) is 0 Å². The van der Waals surface area contributed by atoms with E-state index in [1.807, 2.05) is 12.1 Å². The Hall–Kier alpha value is -0.840. The van der Waals surface area contributed by atoms with Crippen molar-refractivity contribution in [1.29, 1.82) is 0 Å². The number of ether oxygens (including phenoxy) is 1. The van der Waals surface area contributed by atoms with Gasteiger partial charge in [0.15, 0.2) is 0 Å². The smallest absolute Gasteiger partial charge is 0.140 e. The van der Waals surface area contributed by atoms with Crippen LogP contribution in [-0.4, -0.2) is 29.8 Å². The fourth-order valence-corrected chi connectivity index (χ4v) is 1.28. The lowest BCUT2D eigenvalue weighted by molar-refractivity contribution is 0.274. The zero-order valence-corrected chi connectivity index (χ0v) is 9.54. The van der Waals surface area contributed by atoms with Gasteiger partial charge in [0, 0.05) is 25.3 Å². The zero-order chi connectivity index (χ0) is 10.4. The number of methoxy groups -OCH3 is 1. The zero-order valence-electron chi connectivity index (χ0n) is 8.72. The van der Waals surface area contributed by atoms with E-state index in [4.69, 9.17) is 15.6 Å². The standard InChI is InChI=1S/C10H16N2O2.ClH/c1-14-10-3-2-5-12-9(10)7-8(11)4-6-13;/h2-3,5,8,13H,4,6-7,11H2,1H3;1H/t8-;/m1./s1. The molecule has 0 unspecified atom stereocenters. The SMILES string of the molecule is COc1cccnc1C[C@H](N)CCO.Cl. The molecule has 0 spiro atoms. The molecule has 0 saturated heterocycles. The van der Waals surface area contributed by atoms with Gasteiger partial charge in [0.1, 0.15) is 5.75 Å². The van der Waals surface area contributed by atoms with Gasteiger partial charge in [-0.25, -0.2) is 0 Å². The number of hydrogen-bond acceptors (Lipinski definition) is 4. The molecule has 3 N–H and O–H groups in total. The molecule has 0 aliphatic rings. The predicted octanol–water partition coefficient (Wildman–Crippen LogP) is 0.764. The molecule has 1 heterocycles. The predicted molar refractivity (Wildman–Crippen MR) is 61.4 cm³/mol. The first kappa shape index (κ1) is 14.2. The van der Waals surface area contributed by atoms with Crippen molar-refractivity contribution in [3.8, 4) is 5.75 Å². The van der Waals surface area contributed by atoms with Gasteiger partial charge in [-0.05, 0) is 18.6 Å². The van der Waals surface area contributed by atoms with Crippen molar-refractivity contribution in [2.24, 2.45) is 5.73 Å². The highest BCUT2D eigenvalue weighted by molar-refractivity contribution is 5.85. The Morgan fingerprint density at radius 2 is 2.33 bits per heavy atom. The van der Waals surface area contributed by atoms with Gasteiger partial charge in [-0.15, -0.1) is 12.4 Å². The van der Waals surface area contributed by atoms with Gasteiger partial charge in [-0.2, -0.15) is 0 Å². The van der Waals surface area contributed by atoms with Crippen LogP contribution in [0.4, 0.5) is 0 Å². The minimum atomic E-state index is -0.0659. The summed E-state index contributed by atoms with van der Waals surface area (Å²) < 4.78 is 5.14. The maximum absolute atomic E-state index is 8.71.